The molecule has 0 unspecified atom stereocenters. The highest BCUT2D eigenvalue weighted by Crippen LogP contribution is 2.27. The number of hydrogen-bond acceptors (Lipinski definition) is 5. The summed E-state index contributed by atoms with van der Waals surface area (Å²) in [6.07, 6.45) is 0. The predicted octanol–water partition coefficient (Wildman–Crippen LogP) is 4.28. The fraction of sp³-hybridized carbons (Fsp3) is 0.360. The topological polar surface area (TPSA) is 61.9 Å². The maximum atomic E-state index is 13.2. The number of ether oxygens (including phenoxy) is 1. The molecule has 0 saturated carbocycles. The lowest BCUT2D eigenvalue weighted by atomic mass is 10.1. The SMILES string of the molecule is CC1=C(C(=O)Nc2cccc(C(=O)N3CCN(c4cccc(C)c4)[C@@H](C)C3)c2)SCCO1. The van der Waals surface area contributed by atoms with Gasteiger partial charge in [0.1, 0.15) is 10.7 Å². The molecule has 0 aromatic heterocycles. The molecule has 0 spiro atoms. The van der Waals surface area contributed by atoms with E-state index in [1.807, 2.05) is 4.90 Å². The molecule has 1 fully saturated rings. The number of amides is 2. The van der Waals surface area contributed by atoms with Crippen LogP contribution >= 0.6 is 11.8 Å². The summed E-state index contributed by atoms with van der Waals surface area (Å²) in [5.41, 5.74) is 3.62. The highest BCUT2D eigenvalue weighted by atomic mass is 32.2. The van der Waals surface area contributed by atoms with Crippen LogP contribution in [0.2, 0.25) is 0 Å². The van der Waals surface area contributed by atoms with Crippen LogP contribution in [0, 0.1) is 6.92 Å². The second-order valence-corrected chi connectivity index (χ2v) is 9.35. The molecular weight excluding hydrogens is 422 g/mol. The molecule has 0 aliphatic carbocycles. The lowest BCUT2D eigenvalue weighted by Gasteiger charge is -2.41. The van der Waals surface area contributed by atoms with Crippen molar-refractivity contribution >= 4 is 35.0 Å². The zero-order chi connectivity index (χ0) is 22.7. The number of rotatable bonds is 4. The molecule has 2 aliphatic heterocycles. The maximum Gasteiger partial charge on any atom is 0.265 e. The molecule has 0 radical (unpaired) electrons. The molecular formula is C25H29N3O3S. The molecule has 1 N–H and O–H groups in total. The van der Waals surface area contributed by atoms with Crippen molar-refractivity contribution in [3.63, 3.8) is 0 Å². The van der Waals surface area contributed by atoms with Crippen LogP contribution in [0.3, 0.4) is 0 Å². The van der Waals surface area contributed by atoms with Crippen LogP contribution in [0.4, 0.5) is 11.4 Å². The fourth-order valence-electron chi connectivity index (χ4n) is 4.16. The van der Waals surface area contributed by atoms with Gasteiger partial charge in [-0.1, -0.05) is 18.2 Å². The van der Waals surface area contributed by atoms with Gasteiger partial charge in [0.25, 0.3) is 11.8 Å². The van der Waals surface area contributed by atoms with Gasteiger partial charge in [-0.2, -0.15) is 0 Å². The van der Waals surface area contributed by atoms with Crippen LogP contribution in [0.5, 0.6) is 0 Å². The van der Waals surface area contributed by atoms with Crippen molar-refractivity contribution in [2.45, 2.75) is 26.8 Å². The molecule has 2 heterocycles. The lowest BCUT2D eigenvalue weighted by molar-refractivity contribution is -0.112. The van der Waals surface area contributed by atoms with E-state index in [2.05, 4.69) is 48.3 Å². The van der Waals surface area contributed by atoms with Crippen LogP contribution in [0.15, 0.2) is 59.2 Å². The quantitative estimate of drug-likeness (QED) is 0.752. The zero-order valence-corrected chi connectivity index (χ0v) is 19.6. The first kappa shape index (κ1) is 22.3. The summed E-state index contributed by atoms with van der Waals surface area (Å²) in [5.74, 6) is 1.19. The van der Waals surface area contributed by atoms with E-state index in [9.17, 15) is 9.59 Å². The highest BCUT2D eigenvalue weighted by molar-refractivity contribution is 8.04. The summed E-state index contributed by atoms with van der Waals surface area (Å²) >= 11 is 1.49. The lowest BCUT2D eigenvalue weighted by Crippen LogP contribution is -2.53. The van der Waals surface area contributed by atoms with Crippen molar-refractivity contribution in [2.75, 3.05) is 42.2 Å². The molecule has 168 valence electrons. The predicted molar refractivity (Wildman–Crippen MR) is 130 cm³/mol. The monoisotopic (exact) mass is 451 g/mol. The van der Waals surface area contributed by atoms with Crippen molar-refractivity contribution < 1.29 is 14.3 Å². The second-order valence-electron chi connectivity index (χ2n) is 8.25. The van der Waals surface area contributed by atoms with Crippen molar-refractivity contribution in [3.8, 4) is 0 Å². The van der Waals surface area contributed by atoms with Crippen LogP contribution in [-0.4, -0.2) is 54.8 Å². The number of nitrogens with zero attached hydrogens (tertiary/aromatic N) is 2. The minimum atomic E-state index is -0.197. The van der Waals surface area contributed by atoms with E-state index in [1.54, 1.807) is 31.2 Å². The van der Waals surface area contributed by atoms with E-state index < -0.39 is 0 Å². The largest absolute Gasteiger partial charge is 0.496 e. The number of anilines is 2. The van der Waals surface area contributed by atoms with Crippen LogP contribution in [0.25, 0.3) is 0 Å². The Labute approximate surface area is 193 Å². The highest BCUT2D eigenvalue weighted by Gasteiger charge is 2.28. The van der Waals surface area contributed by atoms with E-state index >= 15 is 0 Å². The first-order chi connectivity index (χ1) is 15.4. The summed E-state index contributed by atoms with van der Waals surface area (Å²) in [6, 6.07) is 15.9. The minimum absolute atomic E-state index is 0.0115. The van der Waals surface area contributed by atoms with Gasteiger partial charge in [0.05, 0.1) is 6.61 Å². The summed E-state index contributed by atoms with van der Waals surface area (Å²) in [5, 5.41) is 2.91. The number of hydrogen-bond donors (Lipinski definition) is 1. The number of carbonyl (C=O) groups is 2. The number of aryl methyl sites for hydroxylation is 1. The van der Waals surface area contributed by atoms with Crippen molar-refractivity contribution in [3.05, 3.63) is 70.3 Å². The minimum Gasteiger partial charge on any atom is -0.496 e. The molecule has 7 heteroatoms. The first-order valence-corrected chi connectivity index (χ1v) is 11.9. The van der Waals surface area contributed by atoms with Gasteiger partial charge in [0.2, 0.25) is 0 Å². The van der Waals surface area contributed by atoms with Gasteiger partial charge in [-0.15, -0.1) is 11.8 Å². The maximum absolute atomic E-state index is 13.2. The van der Waals surface area contributed by atoms with E-state index in [0.29, 0.717) is 41.6 Å². The molecule has 1 saturated heterocycles. The van der Waals surface area contributed by atoms with Crippen LogP contribution in [-0.2, 0) is 9.53 Å². The van der Waals surface area contributed by atoms with Crippen molar-refractivity contribution in [2.24, 2.45) is 0 Å². The number of carbonyl (C=O) groups excluding carboxylic acids is 2. The van der Waals surface area contributed by atoms with Crippen molar-refractivity contribution in [1.29, 1.82) is 0 Å². The average molecular weight is 452 g/mol. The summed E-state index contributed by atoms with van der Waals surface area (Å²) in [7, 11) is 0. The molecule has 0 bridgehead atoms. The standard InChI is InChI=1S/C25H29N3O3S/c1-17-6-4-9-22(14-17)28-11-10-27(16-18(28)2)25(30)20-7-5-8-21(15-20)26-24(29)23-19(3)31-12-13-32-23/h4-9,14-15,18H,10-13,16H2,1-3H3,(H,26,29)/t18-/m0/s1. The first-order valence-electron chi connectivity index (χ1n) is 10.9. The number of benzene rings is 2. The van der Waals surface area contributed by atoms with Crippen molar-refractivity contribution in [1.82, 2.24) is 4.90 Å². The average Bonchev–Trinajstić information content (AvgIpc) is 2.79. The van der Waals surface area contributed by atoms with Gasteiger partial charge in [-0.05, 0) is 56.7 Å². The number of piperazine rings is 1. The fourth-order valence-corrected chi connectivity index (χ4v) is 4.98. The van der Waals surface area contributed by atoms with Gasteiger partial charge in [-0.25, -0.2) is 0 Å². The normalized spacial score (nSPS) is 18.9. The smallest absolute Gasteiger partial charge is 0.265 e. The summed E-state index contributed by atoms with van der Waals surface area (Å²) in [6.45, 7) is 8.77. The zero-order valence-electron chi connectivity index (χ0n) is 18.8. The Morgan fingerprint density at radius 3 is 2.66 bits per heavy atom. The molecule has 2 amide bonds. The van der Waals surface area contributed by atoms with Gasteiger partial charge in [0.15, 0.2) is 0 Å². The van der Waals surface area contributed by atoms with Gasteiger partial charge in [0, 0.05) is 48.4 Å². The van der Waals surface area contributed by atoms with E-state index in [1.165, 1.54) is 23.0 Å². The van der Waals surface area contributed by atoms with E-state index in [0.717, 1.165) is 12.3 Å². The Morgan fingerprint density at radius 2 is 1.91 bits per heavy atom. The third kappa shape index (κ3) is 4.93. The third-order valence-electron chi connectivity index (χ3n) is 5.79. The number of allylic oxidation sites excluding steroid dienone is 1. The van der Waals surface area contributed by atoms with E-state index in [4.69, 9.17) is 4.74 Å². The molecule has 6 nitrogen and oxygen atoms in total. The Bertz CT molecular complexity index is 1050. The summed E-state index contributed by atoms with van der Waals surface area (Å²) in [4.78, 5) is 30.7. The second kappa shape index (κ2) is 9.69. The van der Waals surface area contributed by atoms with E-state index in [-0.39, 0.29) is 17.9 Å². The summed E-state index contributed by atoms with van der Waals surface area (Å²) < 4.78 is 5.48. The Balaban J connectivity index is 1.42. The molecule has 4 rings (SSSR count). The van der Waals surface area contributed by atoms with Gasteiger partial charge < -0.3 is 19.9 Å². The van der Waals surface area contributed by atoms with Gasteiger partial charge in [-0.3, -0.25) is 9.59 Å². The molecule has 2 aliphatic rings. The van der Waals surface area contributed by atoms with Crippen LogP contribution in [0.1, 0.15) is 29.8 Å². The van der Waals surface area contributed by atoms with Gasteiger partial charge >= 0.3 is 0 Å². The molecule has 32 heavy (non-hydrogen) atoms. The van der Waals surface area contributed by atoms with Crippen LogP contribution < -0.4 is 10.2 Å². The molecule has 2 aromatic rings. The Hall–Kier alpha value is -2.93. The number of thioether (sulfide) groups is 1. The molecule has 2 aromatic carbocycles. The third-order valence-corrected chi connectivity index (χ3v) is 6.92. The number of nitrogens with one attached hydrogen (secondary N) is 1. The molecule has 1 atom stereocenters. The Kier molecular flexibility index (Phi) is 6.74. The Morgan fingerprint density at radius 1 is 1.09 bits per heavy atom.